The molecule has 0 aromatic rings. The van der Waals surface area contributed by atoms with Crippen LogP contribution >= 0.6 is 0 Å². The molecule has 3 heteroatoms. The fourth-order valence-corrected chi connectivity index (χ4v) is 9.58. The van der Waals surface area contributed by atoms with Crippen LogP contribution in [0.15, 0.2) is 11.6 Å². The first-order valence-electron chi connectivity index (χ1n) is 12.8. The molecule has 2 heterocycles. The molecule has 6 unspecified atom stereocenters. The lowest BCUT2D eigenvalue weighted by atomic mass is 9.46. The molecule has 4 aliphatic carbocycles. The summed E-state index contributed by atoms with van der Waals surface area (Å²) in [5, 5.41) is 0. The van der Waals surface area contributed by atoms with Crippen molar-refractivity contribution in [2.45, 2.75) is 97.4 Å². The smallest absolute Gasteiger partial charge is 0.171 e. The molecule has 0 bridgehead atoms. The van der Waals surface area contributed by atoms with Crippen molar-refractivity contribution in [1.82, 2.24) is 0 Å². The molecule has 2 aliphatic heterocycles. The van der Waals surface area contributed by atoms with Gasteiger partial charge in [-0.25, -0.2) is 0 Å². The number of ether oxygens (including phenoxy) is 2. The topological polar surface area (TPSA) is 35.5 Å². The second-order valence-electron chi connectivity index (χ2n) is 12.5. The van der Waals surface area contributed by atoms with Crippen LogP contribution in [0.4, 0.5) is 0 Å². The van der Waals surface area contributed by atoms with Crippen molar-refractivity contribution >= 4 is 5.78 Å². The van der Waals surface area contributed by atoms with Crippen LogP contribution in [0.2, 0.25) is 0 Å². The largest absolute Gasteiger partial charge is 0.349 e. The summed E-state index contributed by atoms with van der Waals surface area (Å²) in [6, 6.07) is 0. The Hall–Kier alpha value is -0.670. The molecule has 166 valence electrons. The van der Waals surface area contributed by atoms with Crippen molar-refractivity contribution < 1.29 is 14.3 Å². The van der Waals surface area contributed by atoms with E-state index in [9.17, 15) is 4.79 Å². The van der Waals surface area contributed by atoms with Gasteiger partial charge in [-0.15, -0.1) is 0 Å². The minimum Gasteiger partial charge on any atom is -0.349 e. The highest BCUT2D eigenvalue weighted by Gasteiger charge is 2.68. The Morgan fingerprint density at radius 1 is 1.00 bits per heavy atom. The van der Waals surface area contributed by atoms with Gasteiger partial charge in [-0.05, 0) is 91.4 Å². The van der Waals surface area contributed by atoms with Crippen LogP contribution in [0.3, 0.4) is 0 Å². The third-order valence-electron chi connectivity index (χ3n) is 11.2. The zero-order valence-electron chi connectivity index (χ0n) is 19.4. The lowest BCUT2D eigenvalue weighted by Gasteiger charge is -2.58. The Morgan fingerprint density at radius 3 is 2.60 bits per heavy atom. The maximum atomic E-state index is 12.1. The molecule has 6 rings (SSSR count). The van der Waals surface area contributed by atoms with Gasteiger partial charge in [0.2, 0.25) is 0 Å². The molecule has 10 atom stereocenters. The van der Waals surface area contributed by atoms with E-state index < -0.39 is 0 Å². The van der Waals surface area contributed by atoms with Crippen molar-refractivity contribution in [3.63, 3.8) is 0 Å². The van der Waals surface area contributed by atoms with Gasteiger partial charge >= 0.3 is 0 Å². The number of allylic oxidation sites excluding steroid dienone is 1. The molecule has 1 spiro atoms. The summed E-state index contributed by atoms with van der Waals surface area (Å²) < 4.78 is 13.3. The van der Waals surface area contributed by atoms with Crippen molar-refractivity contribution in [3.8, 4) is 0 Å². The van der Waals surface area contributed by atoms with Gasteiger partial charge in [0.25, 0.3) is 0 Å². The lowest BCUT2D eigenvalue weighted by molar-refractivity contribution is -0.272. The highest BCUT2D eigenvalue weighted by Crippen LogP contribution is 2.70. The molecule has 3 nitrogen and oxygen atoms in total. The Balaban J connectivity index is 1.28. The number of hydrogen-bond acceptors (Lipinski definition) is 3. The van der Waals surface area contributed by atoms with Gasteiger partial charge < -0.3 is 9.47 Å². The molecule has 2 saturated heterocycles. The third-order valence-corrected chi connectivity index (χ3v) is 11.2. The normalized spacial score (nSPS) is 57.4. The van der Waals surface area contributed by atoms with E-state index in [1.54, 1.807) is 0 Å². The van der Waals surface area contributed by atoms with Gasteiger partial charge in [0.05, 0.1) is 12.7 Å². The Morgan fingerprint density at radius 2 is 1.83 bits per heavy atom. The van der Waals surface area contributed by atoms with E-state index in [1.165, 1.54) is 37.7 Å². The summed E-state index contributed by atoms with van der Waals surface area (Å²) in [5.41, 5.74) is 2.14. The number of carbonyl (C=O) groups is 1. The molecule has 0 aromatic heterocycles. The summed E-state index contributed by atoms with van der Waals surface area (Å²) in [5.74, 6) is 4.24. The number of ketones is 1. The van der Waals surface area contributed by atoms with Crippen molar-refractivity contribution in [2.24, 2.45) is 46.3 Å². The number of hydrogen-bond donors (Lipinski definition) is 0. The number of fused-ring (bicyclic) bond motifs is 7. The third kappa shape index (κ3) is 2.48. The van der Waals surface area contributed by atoms with E-state index in [2.05, 4.69) is 27.7 Å². The zero-order chi connectivity index (χ0) is 20.9. The second kappa shape index (κ2) is 6.44. The highest BCUT2D eigenvalue weighted by atomic mass is 16.7. The fraction of sp³-hybridized carbons (Fsp3) is 0.889. The second-order valence-corrected chi connectivity index (χ2v) is 12.5. The summed E-state index contributed by atoms with van der Waals surface area (Å²) >= 11 is 0. The quantitative estimate of drug-likeness (QED) is 0.495. The fourth-order valence-electron chi connectivity index (χ4n) is 9.58. The van der Waals surface area contributed by atoms with Crippen LogP contribution in [-0.4, -0.2) is 24.3 Å². The molecule has 0 radical (unpaired) electrons. The summed E-state index contributed by atoms with van der Waals surface area (Å²) in [4.78, 5) is 12.1. The highest BCUT2D eigenvalue weighted by molar-refractivity contribution is 5.91. The Bertz CT molecular complexity index is 777. The lowest BCUT2D eigenvalue weighted by Crippen LogP contribution is -2.52. The zero-order valence-corrected chi connectivity index (χ0v) is 19.4. The molecule has 0 amide bonds. The molecule has 3 saturated carbocycles. The van der Waals surface area contributed by atoms with Crippen LogP contribution in [0, 0.1) is 46.3 Å². The minimum absolute atomic E-state index is 0.270. The molecule has 0 aromatic carbocycles. The van der Waals surface area contributed by atoms with Crippen molar-refractivity contribution in [1.29, 1.82) is 0 Å². The van der Waals surface area contributed by atoms with E-state index in [0.717, 1.165) is 50.0 Å². The van der Waals surface area contributed by atoms with E-state index in [4.69, 9.17) is 9.47 Å². The first kappa shape index (κ1) is 20.0. The number of carbonyl (C=O) groups excluding carboxylic acids is 1. The maximum Gasteiger partial charge on any atom is 0.171 e. The van der Waals surface area contributed by atoms with Gasteiger partial charge in [0.15, 0.2) is 11.6 Å². The van der Waals surface area contributed by atoms with Crippen LogP contribution in [0.1, 0.15) is 85.5 Å². The Labute approximate surface area is 182 Å². The maximum absolute atomic E-state index is 12.1. The van der Waals surface area contributed by atoms with E-state index in [-0.39, 0.29) is 11.2 Å². The molecular formula is C27H40O3. The first-order valence-corrected chi connectivity index (χ1v) is 12.8. The van der Waals surface area contributed by atoms with E-state index in [1.807, 2.05) is 6.08 Å². The first-order chi connectivity index (χ1) is 14.3. The summed E-state index contributed by atoms with van der Waals surface area (Å²) in [6.07, 6.45) is 12.9. The molecule has 6 aliphatic rings. The predicted molar refractivity (Wildman–Crippen MR) is 117 cm³/mol. The Kier molecular flexibility index (Phi) is 4.29. The number of rotatable bonds is 0. The van der Waals surface area contributed by atoms with Crippen molar-refractivity contribution in [2.75, 3.05) is 6.61 Å². The van der Waals surface area contributed by atoms with Crippen LogP contribution in [-0.2, 0) is 14.3 Å². The molecular weight excluding hydrogens is 372 g/mol. The monoisotopic (exact) mass is 412 g/mol. The van der Waals surface area contributed by atoms with Gasteiger partial charge in [0.1, 0.15) is 0 Å². The van der Waals surface area contributed by atoms with Gasteiger partial charge in [-0.3, -0.25) is 4.79 Å². The molecule has 5 fully saturated rings. The van der Waals surface area contributed by atoms with Crippen LogP contribution in [0.5, 0.6) is 0 Å². The minimum atomic E-state index is -0.301. The standard InChI is InChI=1S/C27H40O3/c1-16-7-12-27(29-15-16)17(2)24-23(30-27)14-22-20-6-5-18-13-19(28)8-10-25(18,3)21(20)9-11-26(22,24)4/h13,16-17,20-24H,5-12,14-15H2,1-4H3/t16?,17-,20?,21?,22?,23-,24?,25-,26-,27?/m0/s1. The van der Waals surface area contributed by atoms with Gasteiger partial charge in [-0.1, -0.05) is 33.3 Å². The average molecular weight is 413 g/mol. The molecule has 30 heavy (non-hydrogen) atoms. The summed E-state index contributed by atoms with van der Waals surface area (Å²) in [7, 11) is 0. The van der Waals surface area contributed by atoms with Crippen molar-refractivity contribution in [3.05, 3.63) is 11.6 Å². The SMILES string of the molecule is CC1CCC2(OC1)O[C@H]1CC3C4CCC5=CC(=O)CC[C@]5(C)C4CC[C@]3(C)C1[C@@H]2C. The van der Waals surface area contributed by atoms with Gasteiger partial charge in [-0.2, -0.15) is 0 Å². The van der Waals surface area contributed by atoms with Crippen LogP contribution in [0.25, 0.3) is 0 Å². The van der Waals surface area contributed by atoms with E-state index >= 15 is 0 Å². The summed E-state index contributed by atoms with van der Waals surface area (Å²) in [6.45, 7) is 10.7. The van der Waals surface area contributed by atoms with E-state index in [0.29, 0.717) is 35.1 Å². The average Bonchev–Trinajstić information content (AvgIpc) is 3.16. The van der Waals surface area contributed by atoms with Gasteiger partial charge in [0, 0.05) is 18.8 Å². The van der Waals surface area contributed by atoms with Crippen LogP contribution < -0.4 is 0 Å². The predicted octanol–water partition coefficient (Wildman–Crippen LogP) is 5.92. The molecule has 0 N–H and O–H groups in total.